The van der Waals surface area contributed by atoms with E-state index in [0.29, 0.717) is 12.3 Å². The maximum Gasteiger partial charge on any atom is 0.143 e. The molecule has 0 radical (unpaired) electrons. The quantitative estimate of drug-likeness (QED) is 0.174. The van der Waals surface area contributed by atoms with Gasteiger partial charge in [0.15, 0.2) is 0 Å². The summed E-state index contributed by atoms with van der Waals surface area (Å²) in [6.07, 6.45) is 0. The van der Waals surface area contributed by atoms with Crippen LogP contribution in [-0.2, 0) is 6.61 Å². The van der Waals surface area contributed by atoms with E-state index < -0.39 is 0 Å². The Labute approximate surface area is 319 Å². The zero-order chi connectivity index (χ0) is 36.4. The first-order chi connectivity index (χ1) is 26.6. The van der Waals surface area contributed by atoms with E-state index in [1.807, 2.05) is 36.4 Å². The number of benzene rings is 8. The molecular weight excluding hydrogens is 677 g/mol. The number of hydrogen-bond acceptors (Lipinski definition) is 3. The van der Waals surface area contributed by atoms with Crippen LogP contribution in [0.1, 0.15) is 11.1 Å². The lowest BCUT2D eigenvalue weighted by molar-refractivity contribution is 0.308. The smallest absolute Gasteiger partial charge is 0.143 e. The molecule has 0 bridgehead atoms. The van der Waals surface area contributed by atoms with Crippen LogP contribution in [0.15, 0.2) is 188 Å². The molecule has 0 spiro atoms. The van der Waals surface area contributed by atoms with Crippen molar-refractivity contribution >= 4 is 59.0 Å². The Balaban J connectivity index is 0.000000586. The summed E-state index contributed by atoms with van der Waals surface area (Å²) in [4.78, 5) is 0. The van der Waals surface area contributed by atoms with Crippen LogP contribution >= 0.6 is 11.3 Å². The van der Waals surface area contributed by atoms with Gasteiger partial charge in [-0.25, -0.2) is 0 Å². The van der Waals surface area contributed by atoms with Crippen molar-refractivity contribution in [1.29, 1.82) is 0 Å². The maximum atomic E-state index is 6.72. The van der Waals surface area contributed by atoms with Gasteiger partial charge >= 0.3 is 0 Å². The van der Waals surface area contributed by atoms with Crippen LogP contribution in [0.4, 0.5) is 5.69 Å². The Morgan fingerprint density at radius 1 is 0.537 bits per heavy atom. The second-order valence-corrected chi connectivity index (χ2v) is 14.6. The first kappa shape index (κ1) is 33.2. The van der Waals surface area contributed by atoms with E-state index in [1.165, 1.54) is 64.4 Å². The van der Waals surface area contributed by atoms with Crippen LogP contribution in [0.25, 0.3) is 69.9 Å². The number of ether oxygens (including phenoxy) is 1. The normalized spacial score (nSPS) is 11.2. The second-order valence-electron chi connectivity index (χ2n) is 13.5. The summed E-state index contributed by atoms with van der Waals surface area (Å²) in [5.74, 6) is 0.738. The van der Waals surface area contributed by atoms with Gasteiger partial charge in [-0.3, -0.25) is 0 Å². The van der Waals surface area contributed by atoms with E-state index in [0.717, 1.165) is 22.4 Å². The second kappa shape index (κ2) is 14.4. The molecule has 0 fully saturated rings. The number of nitrogens with zero attached hydrogens (tertiary/aromatic N) is 1. The van der Waals surface area contributed by atoms with Gasteiger partial charge in [0.1, 0.15) is 12.4 Å². The van der Waals surface area contributed by atoms with Crippen LogP contribution < -0.4 is 10.5 Å². The Bertz CT molecular complexity index is 2850. The van der Waals surface area contributed by atoms with Gasteiger partial charge < -0.3 is 15.0 Å². The number of anilines is 1. The van der Waals surface area contributed by atoms with Crippen LogP contribution in [0.2, 0.25) is 0 Å². The lowest BCUT2D eigenvalue weighted by atomic mass is 9.98. The van der Waals surface area contributed by atoms with Crippen molar-refractivity contribution in [1.82, 2.24) is 4.57 Å². The van der Waals surface area contributed by atoms with E-state index in [4.69, 9.17) is 10.5 Å². The standard InChI is InChI=1S/C44H32N2OS.C6H6/c1-28-26-39(43(45)42-36-13-6-8-17-40(36)48-44(28)42)47-27-29-18-20-32(21-19-29)34-14-9-16-38-41(34)35-12-5-7-15-37(35)46(38)33-24-22-31(23-25-33)30-10-3-2-4-11-30;1-2-4-6-5-3-1/h2-26H,27,45H2,1H3;1-6H. The van der Waals surface area contributed by atoms with Crippen molar-refractivity contribution < 1.29 is 4.74 Å². The minimum Gasteiger partial charge on any atom is -0.487 e. The summed E-state index contributed by atoms with van der Waals surface area (Å²) in [5.41, 5.74) is 18.1. The summed E-state index contributed by atoms with van der Waals surface area (Å²) in [5, 5.41) is 4.78. The average molecular weight is 715 g/mol. The first-order valence-corrected chi connectivity index (χ1v) is 19.1. The molecule has 10 aromatic rings. The molecule has 10 rings (SSSR count). The van der Waals surface area contributed by atoms with Crippen LogP contribution in [-0.4, -0.2) is 4.57 Å². The molecule has 260 valence electrons. The number of aryl methyl sites for hydroxylation is 1. The predicted octanol–water partition coefficient (Wildman–Crippen LogP) is 13.6. The number of fused-ring (bicyclic) bond motifs is 6. The average Bonchev–Trinajstić information content (AvgIpc) is 3.80. The van der Waals surface area contributed by atoms with Crippen LogP contribution in [0.5, 0.6) is 5.75 Å². The van der Waals surface area contributed by atoms with E-state index >= 15 is 0 Å². The fourth-order valence-corrected chi connectivity index (χ4v) is 8.66. The summed E-state index contributed by atoms with van der Waals surface area (Å²) in [7, 11) is 0. The van der Waals surface area contributed by atoms with Gasteiger partial charge in [-0.15, -0.1) is 11.3 Å². The van der Waals surface area contributed by atoms with Gasteiger partial charge in [0.25, 0.3) is 0 Å². The molecule has 0 aliphatic heterocycles. The Kier molecular flexibility index (Phi) is 8.88. The number of thiophene rings is 1. The Hall–Kier alpha value is -6.62. The molecule has 0 aliphatic rings. The molecule has 54 heavy (non-hydrogen) atoms. The monoisotopic (exact) mass is 714 g/mol. The van der Waals surface area contributed by atoms with Crippen molar-refractivity contribution in [3.8, 4) is 33.7 Å². The van der Waals surface area contributed by atoms with Gasteiger partial charge in [-0.05, 0) is 76.7 Å². The molecule has 0 amide bonds. The molecule has 2 N–H and O–H groups in total. The fraction of sp³-hybridized carbons (Fsp3) is 0.0400. The molecule has 2 heterocycles. The molecule has 0 aliphatic carbocycles. The highest BCUT2D eigenvalue weighted by molar-refractivity contribution is 7.26. The molecular formula is C50H38N2OS. The SMILES string of the molecule is Cc1cc(OCc2ccc(-c3cccc4c3c3ccccc3n4-c3ccc(-c4ccccc4)cc3)cc2)c(N)c2c1sc1ccccc12.c1ccccc1. The fourth-order valence-electron chi connectivity index (χ4n) is 7.47. The van der Waals surface area contributed by atoms with Crippen molar-refractivity contribution in [3.05, 3.63) is 199 Å². The third-order valence-corrected chi connectivity index (χ3v) is 11.4. The topological polar surface area (TPSA) is 40.2 Å². The maximum absolute atomic E-state index is 6.72. The summed E-state index contributed by atoms with van der Waals surface area (Å²) in [6, 6.07) is 66.0. The summed E-state index contributed by atoms with van der Waals surface area (Å²) < 4.78 is 11.2. The largest absolute Gasteiger partial charge is 0.487 e. The summed E-state index contributed by atoms with van der Waals surface area (Å²) in [6.45, 7) is 2.58. The number of nitrogens with two attached hydrogens (primary N) is 1. The number of aromatic nitrogens is 1. The third kappa shape index (κ3) is 6.17. The van der Waals surface area contributed by atoms with E-state index in [2.05, 4.69) is 163 Å². The Morgan fingerprint density at radius 3 is 1.87 bits per heavy atom. The molecule has 0 unspecified atom stereocenters. The third-order valence-electron chi connectivity index (χ3n) is 10.1. The van der Waals surface area contributed by atoms with Gasteiger partial charge in [-0.2, -0.15) is 0 Å². The van der Waals surface area contributed by atoms with Crippen LogP contribution in [0.3, 0.4) is 0 Å². The Morgan fingerprint density at radius 2 is 1.13 bits per heavy atom. The van der Waals surface area contributed by atoms with Gasteiger partial charge in [0.2, 0.25) is 0 Å². The number of rotatable bonds is 6. The molecule has 3 nitrogen and oxygen atoms in total. The van der Waals surface area contributed by atoms with E-state index in [9.17, 15) is 0 Å². The van der Waals surface area contributed by atoms with Crippen molar-refractivity contribution in [2.45, 2.75) is 13.5 Å². The zero-order valence-corrected chi connectivity index (χ0v) is 30.8. The molecule has 8 aromatic carbocycles. The predicted molar refractivity (Wildman–Crippen MR) is 231 cm³/mol. The molecule has 0 saturated heterocycles. The lowest BCUT2D eigenvalue weighted by Crippen LogP contribution is -2.00. The minimum atomic E-state index is 0.444. The number of para-hydroxylation sites is 1. The molecule has 0 saturated carbocycles. The number of nitrogen functional groups attached to an aromatic ring is 1. The highest BCUT2D eigenvalue weighted by atomic mass is 32.1. The van der Waals surface area contributed by atoms with E-state index in [1.54, 1.807) is 11.3 Å². The first-order valence-electron chi connectivity index (χ1n) is 18.2. The van der Waals surface area contributed by atoms with Gasteiger partial charge in [0.05, 0.1) is 16.7 Å². The molecule has 0 atom stereocenters. The van der Waals surface area contributed by atoms with E-state index in [-0.39, 0.29) is 0 Å². The zero-order valence-electron chi connectivity index (χ0n) is 29.9. The lowest BCUT2D eigenvalue weighted by Gasteiger charge is -2.13. The summed E-state index contributed by atoms with van der Waals surface area (Å²) >= 11 is 1.79. The highest BCUT2D eigenvalue weighted by Crippen LogP contribution is 2.44. The van der Waals surface area contributed by atoms with Crippen molar-refractivity contribution in [2.24, 2.45) is 0 Å². The minimum absolute atomic E-state index is 0.444. The highest BCUT2D eigenvalue weighted by Gasteiger charge is 2.17. The van der Waals surface area contributed by atoms with Crippen molar-refractivity contribution in [2.75, 3.05) is 5.73 Å². The van der Waals surface area contributed by atoms with Crippen molar-refractivity contribution in [3.63, 3.8) is 0 Å². The number of hydrogen-bond donors (Lipinski definition) is 1. The molecule has 4 heteroatoms. The van der Waals surface area contributed by atoms with Gasteiger partial charge in [-0.1, -0.05) is 152 Å². The van der Waals surface area contributed by atoms with Crippen LogP contribution in [0, 0.1) is 6.92 Å². The van der Waals surface area contributed by atoms with Gasteiger partial charge in [0, 0.05) is 36.6 Å². The molecule has 2 aromatic heterocycles.